The topological polar surface area (TPSA) is 91.3 Å². The molecule has 0 unspecified atom stereocenters. The third-order valence-corrected chi connectivity index (χ3v) is 7.35. The van der Waals surface area contributed by atoms with Crippen LogP contribution in [0.1, 0.15) is 51.4 Å². The van der Waals surface area contributed by atoms with Gasteiger partial charge in [-0.25, -0.2) is 4.98 Å². The van der Waals surface area contributed by atoms with E-state index >= 15 is 0 Å². The Balaban J connectivity index is 1.28. The summed E-state index contributed by atoms with van der Waals surface area (Å²) in [7, 11) is 0. The number of nitrogens with one attached hydrogen (secondary N) is 2. The molecule has 6 rings (SSSR count). The van der Waals surface area contributed by atoms with Gasteiger partial charge in [-0.1, -0.05) is 6.07 Å². The highest BCUT2D eigenvalue weighted by molar-refractivity contribution is 6.01. The molecule has 3 N–H and O–H groups in total. The molecule has 1 aromatic heterocycles. The second-order valence-corrected chi connectivity index (χ2v) is 9.78. The van der Waals surface area contributed by atoms with Crippen LogP contribution >= 0.6 is 0 Å². The molecule has 6 nitrogen and oxygen atoms in total. The maximum atomic E-state index is 13.0. The van der Waals surface area contributed by atoms with Crippen LogP contribution in [0, 0.1) is 23.2 Å². The van der Waals surface area contributed by atoms with Crippen LogP contribution in [0.15, 0.2) is 30.3 Å². The highest BCUT2D eigenvalue weighted by Crippen LogP contribution is 2.61. The van der Waals surface area contributed by atoms with E-state index < -0.39 is 5.97 Å². The van der Waals surface area contributed by atoms with E-state index in [0.29, 0.717) is 18.8 Å². The van der Waals surface area contributed by atoms with Crippen molar-refractivity contribution in [1.82, 2.24) is 4.98 Å². The Morgan fingerprint density at radius 1 is 1.03 bits per heavy atom. The van der Waals surface area contributed by atoms with Gasteiger partial charge in [-0.15, -0.1) is 0 Å². The van der Waals surface area contributed by atoms with Gasteiger partial charge < -0.3 is 15.7 Å². The Morgan fingerprint density at radius 3 is 2.40 bits per heavy atom. The number of carbonyl (C=O) groups excluding carboxylic acids is 1. The summed E-state index contributed by atoms with van der Waals surface area (Å²) >= 11 is 0. The molecule has 0 radical (unpaired) electrons. The average Bonchev–Trinajstić information content (AvgIpc) is 2.66. The predicted octanol–water partition coefficient (Wildman–Crippen LogP) is 4.67. The molecule has 4 bridgehead atoms. The first-order chi connectivity index (χ1) is 14.5. The first-order valence-corrected chi connectivity index (χ1v) is 11.1. The largest absolute Gasteiger partial charge is 0.481 e. The lowest BCUT2D eigenvalue weighted by Crippen LogP contribution is -2.47. The molecule has 4 saturated carbocycles. The minimum Gasteiger partial charge on any atom is -0.481 e. The summed E-state index contributed by atoms with van der Waals surface area (Å²) in [6.45, 7) is 0.329. The van der Waals surface area contributed by atoms with Crippen LogP contribution in [0.4, 0.5) is 11.5 Å². The Bertz CT molecular complexity index is 952. The lowest BCUT2D eigenvalue weighted by molar-refractivity contribution is -0.136. The van der Waals surface area contributed by atoms with Gasteiger partial charge in [0.05, 0.1) is 17.6 Å². The number of aliphatic carboxylic acids is 1. The fourth-order valence-corrected chi connectivity index (χ4v) is 6.70. The summed E-state index contributed by atoms with van der Waals surface area (Å²) in [5.41, 5.74) is 1.80. The van der Waals surface area contributed by atoms with Crippen LogP contribution in [-0.2, 0) is 9.59 Å². The van der Waals surface area contributed by atoms with Gasteiger partial charge in [0, 0.05) is 18.4 Å². The number of hydrogen-bond acceptors (Lipinski definition) is 4. The van der Waals surface area contributed by atoms with Crippen molar-refractivity contribution in [2.24, 2.45) is 23.2 Å². The van der Waals surface area contributed by atoms with Crippen molar-refractivity contribution < 1.29 is 14.7 Å². The van der Waals surface area contributed by atoms with Crippen LogP contribution in [0.2, 0.25) is 0 Å². The molecular formula is C24H29N3O3. The molecular weight excluding hydrogens is 378 g/mol. The van der Waals surface area contributed by atoms with Gasteiger partial charge in [-0.3, -0.25) is 9.59 Å². The number of hydrogen-bond donors (Lipinski definition) is 3. The van der Waals surface area contributed by atoms with Gasteiger partial charge in [0.25, 0.3) is 0 Å². The molecule has 1 aromatic carbocycles. The van der Waals surface area contributed by atoms with Crippen molar-refractivity contribution in [2.45, 2.75) is 51.4 Å². The number of carboxylic acid groups (broad SMARTS) is 1. The standard InChI is InChI=1S/C24H29N3O3/c28-22(14-24-11-15-8-16(12-24)10-17(9-15)13-24)27-20-3-1-2-19-18(20)4-5-21(26-19)25-7-6-23(29)30/h1-5,15-17H,6-14H2,(H,25,26)(H,27,28)(H,29,30). The maximum absolute atomic E-state index is 13.0. The molecule has 0 atom stereocenters. The molecule has 4 aliphatic rings. The van der Waals surface area contributed by atoms with Gasteiger partial charge >= 0.3 is 5.97 Å². The van der Waals surface area contributed by atoms with E-state index in [2.05, 4.69) is 15.6 Å². The van der Waals surface area contributed by atoms with E-state index in [1.54, 1.807) is 0 Å². The third kappa shape index (κ3) is 3.87. The monoisotopic (exact) mass is 407 g/mol. The zero-order valence-corrected chi connectivity index (χ0v) is 17.2. The van der Waals surface area contributed by atoms with E-state index in [4.69, 9.17) is 5.11 Å². The Hall–Kier alpha value is -2.63. The summed E-state index contributed by atoms with van der Waals surface area (Å²) in [6, 6.07) is 9.51. The fourth-order valence-electron chi connectivity index (χ4n) is 6.70. The summed E-state index contributed by atoms with van der Waals surface area (Å²) in [6.07, 6.45) is 8.53. The van der Waals surface area contributed by atoms with Gasteiger partial charge in [-0.2, -0.15) is 0 Å². The lowest BCUT2D eigenvalue weighted by Gasteiger charge is -2.56. The first-order valence-electron chi connectivity index (χ1n) is 11.1. The molecule has 1 heterocycles. The van der Waals surface area contributed by atoms with E-state index in [-0.39, 0.29) is 17.7 Å². The van der Waals surface area contributed by atoms with E-state index in [0.717, 1.165) is 34.3 Å². The molecule has 0 spiro atoms. The fraction of sp³-hybridized carbons (Fsp3) is 0.542. The van der Waals surface area contributed by atoms with Crippen LogP contribution in [-0.4, -0.2) is 28.5 Å². The Labute approximate surface area is 176 Å². The number of rotatable bonds is 7. The summed E-state index contributed by atoms with van der Waals surface area (Å²) in [4.78, 5) is 28.3. The summed E-state index contributed by atoms with van der Waals surface area (Å²) in [5.74, 6) is 2.45. The number of fused-ring (bicyclic) bond motifs is 1. The van der Waals surface area contributed by atoms with Crippen LogP contribution in [0.5, 0.6) is 0 Å². The maximum Gasteiger partial charge on any atom is 0.305 e. The molecule has 0 saturated heterocycles. The second kappa shape index (κ2) is 7.56. The minimum atomic E-state index is -0.840. The number of benzene rings is 1. The van der Waals surface area contributed by atoms with Crippen LogP contribution in [0.3, 0.4) is 0 Å². The van der Waals surface area contributed by atoms with Crippen molar-refractivity contribution in [3.63, 3.8) is 0 Å². The van der Waals surface area contributed by atoms with Crippen molar-refractivity contribution in [2.75, 3.05) is 17.2 Å². The Kier molecular flexibility index (Phi) is 4.88. The van der Waals surface area contributed by atoms with Gasteiger partial charge in [0.15, 0.2) is 0 Å². The van der Waals surface area contributed by atoms with Gasteiger partial charge in [0.2, 0.25) is 5.91 Å². The average molecular weight is 408 g/mol. The number of anilines is 2. The van der Waals surface area contributed by atoms with E-state index in [1.165, 1.54) is 38.5 Å². The van der Waals surface area contributed by atoms with Crippen molar-refractivity contribution >= 4 is 34.3 Å². The number of pyridine rings is 1. The SMILES string of the molecule is O=C(O)CCNc1ccc2c(NC(=O)CC34CC5CC(CC(C5)C3)C4)cccc2n1. The molecule has 4 fully saturated rings. The highest BCUT2D eigenvalue weighted by atomic mass is 16.4. The lowest BCUT2D eigenvalue weighted by atomic mass is 9.49. The summed E-state index contributed by atoms with van der Waals surface area (Å²) < 4.78 is 0. The van der Waals surface area contributed by atoms with Crippen LogP contribution < -0.4 is 10.6 Å². The number of carbonyl (C=O) groups is 2. The molecule has 6 heteroatoms. The molecule has 1 amide bonds. The Morgan fingerprint density at radius 2 is 1.73 bits per heavy atom. The number of aromatic nitrogens is 1. The summed E-state index contributed by atoms with van der Waals surface area (Å²) in [5, 5.41) is 15.9. The number of nitrogens with zero attached hydrogens (tertiary/aromatic N) is 1. The molecule has 2 aromatic rings. The van der Waals surface area contributed by atoms with Gasteiger partial charge in [-0.05, 0) is 86.0 Å². The van der Waals surface area contributed by atoms with Crippen molar-refractivity contribution in [3.8, 4) is 0 Å². The quantitative estimate of drug-likeness (QED) is 0.621. The minimum absolute atomic E-state index is 0.0418. The zero-order chi connectivity index (χ0) is 20.7. The van der Waals surface area contributed by atoms with Gasteiger partial charge in [0.1, 0.15) is 5.82 Å². The van der Waals surface area contributed by atoms with Crippen molar-refractivity contribution in [1.29, 1.82) is 0 Å². The smallest absolute Gasteiger partial charge is 0.305 e. The number of carboxylic acids is 1. The van der Waals surface area contributed by atoms with E-state index in [9.17, 15) is 9.59 Å². The molecule has 158 valence electrons. The third-order valence-electron chi connectivity index (χ3n) is 7.35. The van der Waals surface area contributed by atoms with E-state index in [1.807, 2.05) is 30.3 Å². The second-order valence-electron chi connectivity index (χ2n) is 9.78. The highest BCUT2D eigenvalue weighted by Gasteiger charge is 2.51. The predicted molar refractivity (Wildman–Crippen MR) is 116 cm³/mol. The molecule has 30 heavy (non-hydrogen) atoms. The molecule has 0 aliphatic heterocycles. The number of amides is 1. The zero-order valence-electron chi connectivity index (χ0n) is 17.2. The normalized spacial score (nSPS) is 29.1. The van der Waals surface area contributed by atoms with Crippen LogP contribution in [0.25, 0.3) is 10.9 Å². The molecule has 4 aliphatic carbocycles. The first kappa shape index (κ1) is 19.3. The van der Waals surface area contributed by atoms with Crippen molar-refractivity contribution in [3.05, 3.63) is 30.3 Å².